The van der Waals surface area contributed by atoms with Gasteiger partial charge in [0.05, 0.1) is 6.54 Å². The zero-order valence-electron chi connectivity index (χ0n) is 10.2. The van der Waals surface area contributed by atoms with E-state index in [-0.39, 0.29) is 17.7 Å². The normalized spacial score (nSPS) is 13.7. The number of amides is 1. The lowest BCUT2D eigenvalue weighted by Gasteiger charge is -2.18. The van der Waals surface area contributed by atoms with Gasteiger partial charge >= 0.3 is 0 Å². The van der Waals surface area contributed by atoms with Crippen molar-refractivity contribution >= 4 is 39.0 Å². The van der Waals surface area contributed by atoms with Crippen molar-refractivity contribution in [1.82, 2.24) is 5.32 Å². The molecule has 1 heterocycles. The molecule has 7 heteroatoms. The molecule has 0 radical (unpaired) electrons. The number of hydrogen-bond donors (Lipinski definition) is 3. The van der Waals surface area contributed by atoms with Gasteiger partial charge in [0.2, 0.25) is 5.91 Å². The Balaban J connectivity index is 2.66. The molecule has 0 saturated carbocycles. The van der Waals surface area contributed by atoms with Gasteiger partial charge in [-0.2, -0.15) is 0 Å². The molecule has 0 aromatic carbocycles. The van der Waals surface area contributed by atoms with E-state index in [1.54, 1.807) is 11.3 Å². The van der Waals surface area contributed by atoms with Gasteiger partial charge in [0.25, 0.3) is 0 Å². The fourth-order valence-corrected chi connectivity index (χ4v) is 3.00. The minimum Gasteiger partial charge on any atom is -0.409 e. The van der Waals surface area contributed by atoms with Crippen LogP contribution in [0.3, 0.4) is 0 Å². The van der Waals surface area contributed by atoms with Crippen molar-refractivity contribution in [2.75, 3.05) is 0 Å². The van der Waals surface area contributed by atoms with E-state index >= 15 is 0 Å². The number of rotatable bonds is 5. The molecule has 100 valence electrons. The minimum absolute atomic E-state index is 0.0346. The molecule has 18 heavy (non-hydrogen) atoms. The topological polar surface area (TPSA) is 87.7 Å². The van der Waals surface area contributed by atoms with E-state index < -0.39 is 5.92 Å². The lowest BCUT2D eigenvalue weighted by molar-refractivity contribution is -0.124. The smallest absolute Gasteiger partial charge is 0.231 e. The van der Waals surface area contributed by atoms with Crippen molar-refractivity contribution in [2.45, 2.75) is 20.4 Å². The summed E-state index contributed by atoms with van der Waals surface area (Å²) in [4.78, 5) is 13.0. The van der Waals surface area contributed by atoms with Gasteiger partial charge in [-0.3, -0.25) is 4.79 Å². The van der Waals surface area contributed by atoms with Crippen LogP contribution >= 0.6 is 27.3 Å². The summed E-state index contributed by atoms with van der Waals surface area (Å²) in [5.41, 5.74) is 5.53. The molecule has 0 spiro atoms. The summed E-state index contributed by atoms with van der Waals surface area (Å²) >= 11 is 4.95. The number of carbonyl (C=O) groups is 1. The van der Waals surface area contributed by atoms with Crippen LogP contribution in [0.2, 0.25) is 0 Å². The van der Waals surface area contributed by atoms with Gasteiger partial charge in [-0.25, -0.2) is 0 Å². The molecular formula is C11H16BrN3O2S. The first kappa shape index (κ1) is 15.0. The molecule has 0 aliphatic carbocycles. The Morgan fingerprint density at radius 2 is 2.33 bits per heavy atom. The van der Waals surface area contributed by atoms with Crippen LogP contribution in [-0.4, -0.2) is 17.0 Å². The summed E-state index contributed by atoms with van der Waals surface area (Å²) in [5.74, 6) is -0.949. The molecule has 1 aromatic rings. The predicted octanol–water partition coefficient (Wildman–Crippen LogP) is 2.15. The van der Waals surface area contributed by atoms with Crippen LogP contribution in [0, 0.1) is 11.8 Å². The number of halogens is 1. The van der Waals surface area contributed by atoms with Crippen LogP contribution in [0.15, 0.2) is 21.1 Å². The van der Waals surface area contributed by atoms with Crippen LogP contribution in [0.1, 0.15) is 18.7 Å². The third-order valence-corrected chi connectivity index (χ3v) is 4.42. The Labute approximate surface area is 118 Å². The van der Waals surface area contributed by atoms with Crippen molar-refractivity contribution in [1.29, 1.82) is 0 Å². The van der Waals surface area contributed by atoms with Gasteiger partial charge in [-0.15, -0.1) is 11.3 Å². The standard InChI is InChI=1S/C11H16BrN3O2S/c1-6(2)9(10(13)15-17)11(16)14-5-8-7(12)3-4-18-8/h3-4,6,9,17H,5H2,1-2H3,(H2,13,15)(H,14,16). The Morgan fingerprint density at radius 1 is 1.67 bits per heavy atom. The highest BCUT2D eigenvalue weighted by Gasteiger charge is 2.26. The SMILES string of the molecule is CC(C)C(C(=O)NCc1sccc1Br)C(N)=NO. The van der Waals surface area contributed by atoms with Crippen molar-refractivity contribution < 1.29 is 10.0 Å². The van der Waals surface area contributed by atoms with Crippen molar-refractivity contribution in [2.24, 2.45) is 22.7 Å². The van der Waals surface area contributed by atoms with Gasteiger partial charge in [0, 0.05) is 9.35 Å². The molecule has 1 atom stereocenters. The lowest BCUT2D eigenvalue weighted by atomic mass is 9.94. The first-order valence-corrected chi connectivity index (χ1v) is 7.11. The van der Waals surface area contributed by atoms with E-state index in [0.29, 0.717) is 6.54 Å². The summed E-state index contributed by atoms with van der Waals surface area (Å²) in [6.45, 7) is 4.13. The highest BCUT2D eigenvalue weighted by atomic mass is 79.9. The molecule has 0 aliphatic heterocycles. The highest BCUT2D eigenvalue weighted by molar-refractivity contribution is 9.10. The van der Waals surface area contributed by atoms with Crippen LogP contribution < -0.4 is 11.1 Å². The quantitative estimate of drug-likeness (QED) is 0.334. The number of nitrogens with one attached hydrogen (secondary N) is 1. The average molecular weight is 334 g/mol. The monoisotopic (exact) mass is 333 g/mol. The first-order valence-electron chi connectivity index (χ1n) is 5.44. The van der Waals surface area contributed by atoms with Gasteiger partial charge in [-0.05, 0) is 33.3 Å². The molecule has 5 nitrogen and oxygen atoms in total. The zero-order chi connectivity index (χ0) is 13.7. The van der Waals surface area contributed by atoms with Crippen molar-refractivity contribution in [3.63, 3.8) is 0 Å². The third kappa shape index (κ3) is 3.71. The van der Waals surface area contributed by atoms with Gasteiger partial charge in [0.15, 0.2) is 5.84 Å². The van der Waals surface area contributed by atoms with Crippen LogP contribution in [0.5, 0.6) is 0 Å². The average Bonchev–Trinajstić information content (AvgIpc) is 2.71. The maximum Gasteiger partial charge on any atom is 0.231 e. The van der Waals surface area contributed by atoms with Gasteiger partial charge < -0.3 is 16.3 Å². The second-order valence-electron chi connectivity index (χ2n) is 4.16. The maximum absolute atomic E-state index is 12.0. The number of thiophene rings is 1. The number of amidine groups is 1. The van der Waals surface area contributed by atoms with Crippen LogP contribution in [-0.2, 0) is 11.3 Å². The summed E-state index contributed by atoms with van der Waals surface area (Å²) in [5, 5.41) is 16.3. The Hall–Kier alpha value is -1.08. The number of carbonyl (C=O) groups excluding carboxylic acids is 1. The molecule has 4 N–H and O–H groups in total. The number of hydrogen-bond acceptors (Lipinski definition) is 4. The molecule has 0 fully saturated rings. The zero-order valence-corrected chi connectivity index (χ0v) is 12.6. The number of oxime groups is 1. The van der Waals surface area contributed by atoms with Crippen molar-refractivity contribution in [3.05, 3.63) is 20.8 Å². The second kappa shape index (κ2) is 6.75. The second-order valence-corrected chi connectivity index (χ2v) is 6.01. The van der Waals surface area contributed by atoms with Gasteiger partial charge in [0.1, 0.15) is 5.92 Å². The fourth-order valence-electron chi connectivity index (χ4n) is 1.57. The minimum atomic E-state index is -0.617. The summed E-state index contributed by atoms with van der Waals surface area (Å²) < 4.78 is 0.970. The first-order chi connectivity index (χ1) is 8.47. The highest BCUT2D eigenvalue weighted by Crippen LogP contribution is 2.22. The van der Waals surface area contributed by atoms with Crippen molar-refractivity contribution in [3.8, 4) is 0 Å². The molecule has 1 aromatic heterocycles. The number of nitrogens with two attached hydrogens (primary N) is 1. The molecule has 0 aliphatic rings. The van der Waals surface area contributed by atoms with E-state index in [9.17, 15) is 4.79 Å². The molecular weight excluding hydrogens is 318 g/mol. The Bertz CT molecular complexity index is 445. The largest absolute Gasteiger partial charge is 0.409 e. The van der Waals surface area contributed by atoms with E-state index in [1.165, 1.54) is 0 Å². The summed E-state index contributed by atoms with van der Waals surface area (Å²) in [7, 11) is 0. The Morgan fingerprint density at radius 3 is 2.78 bits per heavy atom. The third-order valence-electron chi connectivity index (χ3n) is 2.50. The predicted molar refractivity (Wildman–Crippen MR) is 75.6 cm³/mol. The molecule has 0 bridgehead atoms. The maximum atomic E-state index is 12.0. The fraction of sp³-hybridized carbons (Fsp3) is 0.455. The van der Waals surface area contributed by atoms with Crippen LogP contribution in [0.4, 0.5) is 0 Å². The summed E-state index contributed by atoms with van der Waals surface area (Å²) in [6.07, 6.45) is 0. The lowest BCUT2D eigenvalue weighted by Crippen LogP contribution is -2.41. The van der Waals surface area contributed by atoms with Gasteiger partial charge in [-0.1, -0.05) is 19.0 Å². The molecule has 0 saturated heterocycles. The molecule has 1 amide bonds. The van der Waals surface area contributed by atoms with E-state index in [1.807, 2.05) is 25.3 Å². The molecule has 1 unspecified atom stereocenters. The molecule has 1 rings (SSSR count). The summed E-state index contributed by atoms with van der Waals surface area (Å²) in [6, 6.07) is 1.93. The van der Waals surface area contributed by atoms with E-state index in [4.69, 9.17) is 10.9 Å². The van der Waals surface area contributed by atoms with Crippen LogP contribution in [0.25, 0.3) is 0 Å². The number of nitrogens with zero attached hydrogens (tertiary/aromatic N) is 1. The van der Waals surface area contributed by atoms with E-state index in [2.05, 4.69) is 26.4 Å². The van der Waals surface area contributed by atoms with E-state index in [0.717, 1.165) is 9.35 Å². The Kier molecular flexibility index (Phi) is 5.61.